The van der Waals surface area contributed by atoms with Crippen LogP contribution in [0.5, 0.6) is 0 Å². The van der Waals surface area contributed by atoms with Crippen LogP contribution in [-0.4, -0.2) is 47.1 Å². The van der Waals surface area contributed by atoms with Crippen molar-refractivity contribution >= 4 is 29.3 Å². The molecule has 2 rings (SSSR count). The summed E-state index contributed by atoms with van der Waals surface area (Å²) in [4.78, 5) is 35.1. The number of alkyl carbamates (subject to hydrolysis) is 1. The number of ether oxygens (including phenoxy) is 2. The second-order valence-corrected chi connectivity index (χ2v) is 8.89. The topological polar surface area (TPSA) is 108 Å². The average molecular weight is 428 g/mol. The number of thioether (sulfide) groups is 1. The molecule has 29 heavy (non-hydrogen) atoms. The van der Waals surface area contributed by atoms with Crippen molar-refractivity contribution in [1.29, 1.82) is 0 Å². The van der Waals surface area contributed by atoms with Crippen LogP contribution in [0.2, 0.25) is 0 Å². The Balaban J connectivity index is 2.14. The maximum atomic E-state index is 14.3. The molecule has 1 heterocycles. The SMILES string of the molecule is COCc1cc(C[C@@H]2CSC[C@H](NC(=O)OC(C)(C)C)C2=O)cc(F)c1[N+](=O)[O-]. The van der Waals surface area contributed by atoms with Crippen LogP contribution in [0, 0.1) is 21.8 Å². The zero-order valence-electron chi connectivity index (χ0n) is 16.8. The van der Waals surface area contributed by atoms with Crippen LogP contribution in [-0.2, 0) is 27.3 Å². The standard InChI is InChI=1S/C19H25FN2O6S/c1-19(2,3)28-18(24)21-15-10-29-9-13(17(15)23)6-11-5-12(8-27-4)16(22(25)26)14(20)7-11/h5,7,13,15H,6,8-10H2,1-4H3,(H,21,24)/t13-,15+/m1/s1. The van der Waals surface area contributed by atoms with Crippen molar-refractivity contribution in [2.24, 2.45) is 5.92 Å². The van der Waals surface area contributed by atoms with Crippen LogP contribution in [0.4, 0.5) is 14.9 Å². The highest BCUT2D eigenvalue weighted by atomic mass is 32.2. The number of hydrogen-bond acceptors (Lipinski definition) is 7. The molecule has 1 aromatic carbocycles. The Labute approximate surface area is 172 Å². The predicted molar refractivity (Wildman–Crippen MR) is 106 cm³/mol. The summed E-state index contributed by atoms with van der Waals surface area (Å²) in [5.74, 6) is -0.632. The smallest absolute Gasteiger partial charge is 0.408 e. The first-order valence-corrected chi connectivity index (χ1v) is 10.2. The molecule has 1 aliphatic rings. The van der Waals surface area contributed by atoms with E-state index in [2.05, 4.69) is 5.32 Å². The number of halogens is 1. The first-order chi connectivity index (χ1) is 13.5. The van der Waals surface area contributed by atoms with Gasteiger partial charge in [-0.25, -0.2) is 4.79 Å². The van der Waals surface area contributed by atoms with E-state index < -0.39 is 40.1 Å². The van der Waals surface area contributed by atoms with Crippen molar-refractivity contribution in [2.75, 3.05) is 18.6 Å². The third-order valence-electron chi connectivity index (χ3n) is 4.21. The summed E-state index contributed by atoms with van der Waals surface area (Å²) in [5.41, 5.74) is -0.712. The van der Waals surface area contributed by atoms with Gasteiger partial charge in [0.05, 0.1) is 17.1 Å². The highest BCUT2D eigenvalue weighted by Crippen LogP contribution is 2.29. The third kappa shape index (κ3) is 6.40. The summed E-state index contributed by atoms with van der Waals surface area (Å²) in [6.07, 6.45) is -0.454. The molecule has 0 radical (unpaired) electrons. The molecule has 1 saturated heterocycles. The number of carbonyl (C=O) groups excluding carboxylic acids is 2. The molecule has 0 spiro atoms. The van der Waals surface area contributed by atoms with Crippen molar-refractivity contribution in [3.8, 4) is 0 Å². The molecule has 0 bridgehead atoms. The molecule has 2 atom stereocenters. The normalized spacial score (nSPS) is 19.7. The number of nitro groups is 1. The predicted octanol–water partition coefficient (Wildman–Crippen LogP) is 3.25. The fourth-order valence-corrected chi connectivity index (χ4v) is 4.28. The molecule has 160 valence electrons. The van der Waals surface area contributed by atoms with E-state index in [1.165, 1.54) is 24.9 Å². The lowest BCUT2D eigenvalue weighted by atomic mass is 9.92. The number of carbonyl (C=O) groups is 2. The van der Waals surface area contributed by atoms with Crippen molar-refractivity contribution in [3.05, 3.63) is 39.2 Å². The minimum absolute atomic E-state index is 0.114. The Hall–Kier alpha value is -2.20. The highest BCUT2D eigenvalue weighted by Gasteiger charge is 2.34. The van der Waals surface area contributed by atoms with Gasteiger partial charge in [-0.1, -0.05) is 0 Å². The van der Waals surface area contributed by atoms with Crippen molar-refractivity contribution in [2.45, 2.75) is 45.4 Å². The molecule has 8 nitrogen and oxygen atoms in total. The lowest BCUT2D eigenvalue weighted by Gasteiger charge is -2.29. The van der Waals surface area contributed by atoms with Gasteiger partial charge >= 0.3 is 11.8 Å². The number of hydrogen-bond donors (Lipinski definition) is 1. The molecule has 1 fully saturated rings. The molecule has 0 aliphatic carbocycles. The van der Waals surface area contributed by atoms with Gasteiger partial charge in [-0.3, -0.25) is 14.9 Å². The summed E-state index contributed by atoms with van der Waals surface area (Å²) in [7, 11) is 1.36. The van der Waals surface area contributed by atoms with Crippen LogP contribution in [0.15, 0.2) is 12.1 Å². The van der Waals surface area contributed by atoms with E-state index in [9.17, 15) is 24.1 Å². The zero-order chi connectivity index (χ0) is 21.8. The van der Waals surface area contributed by atoms with Crippen molar-refractivity contribution < 1.29 is 28.4 Å². The number of nitro benzene ring substituents is 1. The molecule has 0 unspecified atom stereocenters. The lowest BCUT2D eigenvalue weighted by molar-refractivity contribution is -0.388. The van der Waals surface area contributed by atoms with Crippen LogP contribution in [0.1, 0.15) is 31.9 Å². The first-order valence-electron chi connectivity index (χ1n) is 9.07. The minimum Gasteiger partial charge on any atom is -0.444 e. The summed E-state index contributed by atoms with van der Waals surface area (Å²) in [6.45, 7) is 5.08. The number of ketones is 1. The average Bonchev–Trinajstić information content (AvgIpc) is 2.56. The fraction of sp³-hybridized carbons (Fsp3) is 0.579. The number of amides is 1. The van der Waals surface area contributed by atoms with Gasteiger partial charge in [-0.2, -0.15) is 16.2 Å². The summed E-state index contributed by atoms with van der Waals surface area (Å²) in [6, 6.07) is 1.88. The van der Waals surface area contributed by atoms with Crippen LogP contribution in [0.25, 0.3) is 0 Å². The quantitative estimate of drug-likeness (QED) is 0.547. The van der Waals surface area contributed by atoms with E-state index in [1.54, 1.807) is 20.8 Å². The first kappa shape index (κ1) is 23.1. The van der Waals surface area contributed by atoms with Gasteiger partial charge in [0.25, 0.3) is 0 Å². The Bertz CT molecular complexity index is 796. The maximum absolute atomic E-state index is 14.3. The molecular formula is C19H25FN2O6S. The number of nitrogens with zero attached hydrogens (tertiary/aromatic N) is 1. The molecular weight excluding hydrogens is 403 g/mol. The van der Waals surface area contributed by atoms with Gasteiger partial charge in [0.15, 0.2) is 5.78 Å². The van der Waals surface area contributed by atoms with Crippen LogP contribution >= 0.6 is 11.8 Å². The minimum atomic E-state index is -0.959. The Kier molecular flexibility index (Phi) is 7.59. The van der Waals surface area contributed by atoms with Gasteiger partial charge < -0.3 is 14.8 Å². The van der Waals surface area contributed by atoms with E-state index >= 15 is 0 Å². The molecule has 10 heteroatoms. The summed E-state index contributed by atoms with van der Waals surface area (Å²) >= 11 is 1.50. The van der Waals surface area contributed by atoms with Crippen molar-refractivity contribution in [3.63, 3.8) is 0 Å². The third-order valence-corrected chi connectivity index (χ3v) is 5.41. The van der Waals surface area contributed by atoms with E-state index in [-0.39, 0.29) is 24.4 Å². The van der Waals surface area contributed by atoms with E-state index in [1.807, 2.05) is 0 Å². The summed E-state index contributed by atoms with van der Waals surface area (Å²) in [5, 5.41) is 13.7. The second-order valence-electron chi connectivity index (χ2n) is 7.82. The van der Waals surface area contributed by atoms with E-state index in [4.69, 9.17) is 9.47 Å². The van der Waals surface area contributed by atoms with Gasteiger partial charge in [-0.05, 0) is 44.9 Å². The Morgan fingerprint density at radius 1 is 1.38 bits per heavy atom. The number of Topliss-reactive ketones (excluding diaryl/α,β-unsaturated/α-hetero) is 1. The number of benzene rings is 1. The second kappa shape index (κ2) is 9.53. The van der Waals surface area contributed by atoms with Gasteiger partial charge in [0.2, 0.25) is 5.82 Å². The van der Waals surface area contributed by atoms with Gasteiger partial charge in [-0.15, -0.1) is 0 Å². The molecule has 0 aromatic heterocycles. The lowest BCUT2D eigenvalue weighted by Crippen LogP contribution is -2.50. The molecule has 1 aliphatic heterocycles. The Morgan fingerprint density at radius 3 is 2.66 bits per heavy atom. The highest BCUT2D eigenvalue weighted by molar-refractivity contribution is 7.99. The van der Waals surface area contributed by atoms with Gasteiger partial charge in [0.1, 0.15) is 11.6 Å². The number of nitrogens with one attached hydrogen (secondary N) is 1. The number of methoxy groups -OCH3 is 1. The molecule has 1 aromatic rings. The molecule has 1 N–H and O–H groups in total. The molecule has 1 amide bonds. The van der Waals surface area contributed by atoms with Crippen LogP contribution in [0.3, 0.4) is 0 Å². The fourth-order valence-electron chi connectivity index (χ4n) is 3.09. The monoisotopic (exact) mass is 428 g/mol. The number of rotatable bonds is 6. The maximum Gasteiger partial charge on any atom is 0.408 e. The summed E-state index contributed by atoms with van der Waals surface area (Å²) < 4.78 is 24.4. The van der Waals surface area contributed by atoms with Gasteiger partial charge in [0, 0.05) is 24.5 Å². The molecule has 0 saturated carbocycles. The van der Waals surface area contributed by atoms with Crippen LogP contribution < -0.4 is 5.32 Å². The van der Waals surface area contributed by atoms with E-state index in [0.29, 0.717) is 17.1 Å². The zero-order valence-corrected chi connectivity index (χ0v) is 17.6. The largest absolute Gasteiger partial charge is 0.444 e. The van der Waals surface area contributed by atoms with E-state index in [0.717, 1.165) is 6.07 Å². The van der Waals surface area contributed by atoms with Crippen molar-refractivity contribution in [1.82, 2.24) is 5.32 Å². The Morgan fingerprint density at radius 2 is 2.07 bits per heavy atom.